The standard InChI is InChI=1S/C10H14F3N3O2/c1-6(2)7-3-8(16-15-7)14-9(17)4-18-5-10(11,12)13/h3,6H,4-5H2,1-2H3,(H2,14,15,16,17). The summed E-state index contributed by atoms with van der Waals surface area (Å²) in [4.78, 5) is 11.2. The molecule has 0 aromatic carbocycles. The highest BCUT2D eigenvalue weighted by Gasteiger charge is 2.27. The maximum absolute atomic E-state index is 11.8. The van der Waals surface area contributed by atoms with E-state index < -0.39 is 25.3 Å². The number of hydrogen-bond donors (Lipinski definition) is 2. The van der Waals surface area contributed by atoms with E-state index in [2.05, 4.69) is 20.3 Å². The smallest absolute Gasteiger partial charge is 0.362 e. The summed E-state index contributed by atoms with van der Waals surface area (Å²) in [6.07, 6.45) is -4.43. The third-order valence-electron chi connectivity index (χ3n) is 1.99. The average Bonchev–Trinajstić information content (AvgIpc) is 2.64. The quantitative estimate of drug-likeness (QED) is 0.856. The number of alkyl halides is 3. The minimum Gasteiger partial charge on any atom is -0.362 e. The molecule has 2 N–H and O–H groups in total. The molecule has 0 aliphatic rings. The molecule has 1 rings (SSSR count). The fourth-order valence-electron chi connectivity index (χ4n) is 1.13. The Labute approximate surface area is 102 Å². The topological polar surface area (TPSA) is 67.0 Å². The molecule has 0 aliphatic heterocycles. The molecule has 1 amide bonds. The molecule has 0 unspecified atom stereocenters. The predicted molar refractivity (Wildman–Crippen MR) is 58.2 cm³/mol. The van der Waals surface area contributed by atoms with Gasteiger partial charge in [0, 0.05) is 11.8 Å². The molecule has 0 atom stereocenters. The zero-order valence-electron chi connectivity index (χ0n) is 9.97. The van der Waals surface area contributed by atoms with Gasteiger partial charge in [0.15, 0.2) is 5.82 Å². The number of anilines is 1. The van der Waals surface area contributed by atoms with Gasteiger partial charge < -0.3 is 10.1 Å². The Morgan fingerprint density at radius 1 is 1.56 bits per heavy atom. The summed E-state index contributed by atoms with van der Waals surface area (Å²) in [5.41, 5.74) is 0.821. The molecule has 8 heteroatoms. The number of H-pyrrole nitrogens is 1. The Morgan fingerprint density at radius 3 is 2.72 bits per heavy atom. The highest BCUT2D eigenvalue weighted by Crippen LogP contribution is 2.15. The molecule has 0 radical (unpaired) electrons. The molecule has 0 aliphatic carbocycles. The number of ether oxygens (including phenoxy) is 1. The summed E-state index contributed by atoms with van der Waals surface area (Å²) in [6.45, 7) is 1.76. The zero-order valence-corrected chi connectivity index (χ0v) is 9.97. The lowest BCUT2D eigenvalue weighted by atomic mass is 10.1. The molecule has 1 aromatic heterocycles. The first-order chi connectivity index (χ1) is 8.28. The molecular weight excluding hydrogens is 251 g/mol. The van der Waals surface area contributed by atoms with E-state index in [9.17, 15) is 18.0 Å². The minimum absolute atomic E-state index is 0.213. The number of carbonyl (C=O) groups is 1. The van der Waals surface area contributed by atoms with E-state index in [1.54, 1.807) is 6.07 Å². The van der Waals surface area contributed by atoms with Crippen LogP contribution in [0.3, 0.4) is 0 Å². The Kier molecular flexibility index (Phi) is 4.71. The van der Waals surface area contributed by atoms with Crippen LogP contribution in [0.2, 0.25) is 0 Å². The molecule has 5 nitrogen and oxygen atoms in total. The lowest BCUT2D eigenvalue weighted by Crippen LogP contribution is -2.24. The van der Waals surface area contributed by atoms with Crippen LogP contribution in [0, 0.1) is 0 Å². The van der Waals surface area contributed by atoms with Gasteiger partial charge in [-0.05, 0) is 5.92 Å². The van der Waals surface area contributed by atoms with Crippen molar-refractivity contribution in [3.8, 4) is 0 Å². The van der Waals surface area contributed by atoms with E-state index in [4.69, 9.17) is 0 Å². The van der Waals surface area contributed by atoms with Crippen molar-refractivity contribution in [3.05, 3.63) is 11.8 Å². The molecule has 102 valence electrons. The van der Waals surface area contributed by atoms with Crippen molar-refractivity contribution in [1.82, 2.24) is 10.2 Å². The number of halogens is 3. The molecule has 0 fully saturated rings. The Hall–Kier alpha value is -1.57. The van der Waals surface area contributed by atoms with Gasteiger partial charge in [-0.2, -0.15) is 18.3 Å². The van der Waals surface area contributed by atoms with Crippen LogP contribution in [0.4, 0.5) is 19.0 Å². The molecule has 1 heterocycles. The summed E-state index contributed by atoms with van der Waals surface area (Å²) in [5.74, 6) is -0.204. The van der Waals surface area contributed by atoms with Crippen LogP contribution in [0.1, 0.15) is 25.5 Å². The van der Waals surface area contributed by atoms with E-state index in [0.717, 1.165) is 5.69 Å². The second-order valence-electron chi connectivity index (χ2n) is 4.02. The first-order valence-corrected chi connectivity index (χ1v) is 5.27. The van der Waals surface area contributed by atoms with Crippen molar-refractivity contribution >= 4 is 11.7 Å². The van der Waals surface area contributed by atoms with Gasteiger partial charge in [-0.15, -0.1) is 0 Å². The van der Waals surface area contributed by atoms with Crippen molar-refractivity contribution in [1.29, 1.82) is 0 Å². The minimum atomic E-state index is -4.43. The van der Waals surface area contributed by atoms with Crippen LogP contribution in [0.5, 0.6) is 0 Å². The van der Waals surface area contributed by atoms with Gasteiger partial charge in [0.2, 0.25) is 0 Å². The van der Waals surface area contributed by atoms with Gasteiger partial charge in [0.05, 0.1) is 0 Å². The highest BCUT2D eigenvalue weighted by atomic mass is 19.4. The highest BCUT2D eigenvalue weighted by molar-refractivity contribution is 5.90. The molecular formula is C10H14F3N3O2. The molecule has 0 bridgehead atoms. The maximum atomic E-state index is 11.8. The van der Waals surface area contributed by atoms with Gasteiger partial charge in [-0.25, -0.2) is 0 Å². The number of carbonyl (C=O) groups excluding carboxylic acids is 1. The second kappa shape index (κ2) is 5.85. The number of aromatic amines is 1. The summed E-state index contributed by atoms with van der Waals surface area (Å²) < 4.78 is 39.5. The first-order valence-electron chi connectivity index (χ1n) is 5.27. The summed E-state index contributed by atoms with van der Waals surface area (Å²) in [6, 6.07) is 1.62. The zero-order chi connectivity index (χ0) is 13.8. The van der Waals surface area contributed by atoms with E-state index in [-0.39, 0.29) is 11.7 Å². The monoisotopic (exact) mass is 265 g/mol. The lowest BCUT2D eigenvalue weighted by Gasteiger charge is -2.06. The van der Waals surface area contributed by atoms with Crippen molar-refractivity contribution in [3.63, 3.8) is 0 Å². The van der Waals surface area contributed by atoms with Crippen LogP contribution >= 0.6 is 0 Å². The number of aromatic nitrogens is 2. The van der Waals surface area contributed by atoms with Crippen molar-refractivity contribution in [2.75, 3.05) is 18.5 Å². The van der Waals surface area contributed by atoms with Crippen LogP contribution in [-0.2, 0) is 9.53 Å². The normalized spacial score (nSPS) is 11.9. The molecule has 0 saturated carbocycles. The SMILES string of the molecule is CC(C)c1cc(NC(=O)COCC(F)(F)F)n[nH]1. The summed E-state index contributed by atoms with van der Waals surface area (Å²) in [5, 5.41) is 8.83. The first kappa shape index (κ1) is 14.5. The van der Waals surface area contributed by atoms with Crippen LogP contribution in [0.25, 0.3) is 0 Å². The van der Waals surface area contributed by atoms with E-state index >= 15 is 0 Å². The van der Waals surface area contributed by atoms with E-state index in [1.165, 1.54) is 0 Å². The van der Waals surface area contributed by atoms with Gasteiger partial charge in [0.25, 0.3) is 5.91 Å². The van der Waals surface area contributed by atoms with E-state index in [0.29, 0.717) is 0 Å². The number of nitrogens with one attached hydrogen (secondary N) is 2. The van der Waals surface area contributed by atoms with Crippen LogP contribution in [-0.4, -0.2) is 35.5 Å². The third-order valence-corrected chi connectivity index (χ3v) is 1.99. The molecule has 0 spiro atoms. The molecule has 1 aromatic rings. The summed E-state index contributed by atoms with van der Waals surface area (Å²) in [7, 11) is 0. The van der Waals surface area contributed by atoms with Gasteiger partial charge in [0.1, 0.15) is 13.2 Å². The second-order valence-corrected chi connectivity index (χ2v) is 4.02. The predicted octanol–water partition coefficient (Wildman–Crippen LogP) is 2.05. The van der Waals surface area contributed by atoms with Crippen LogP contribution in [0.15, 0.2) is 6.07 Å². The number of hydrogen-bond acceptors (Lipinski definition) is 3. The Bertz CT molecular complexity index is 401. The van der Waals surface area contributed by atoms with Crippen molar-refractivity contribution in [2.45, 2.75) is 25.9 Å². The largest absolute Gasteiger partial charge is 0.411 e. The van der Waals surface area contributed by atoms with Crippen LogP contribution < -0.4 is 5.32 Å². The number of amides is 1. The summed E-state index contributed by atoms with van der Waals surface area (Å²) >= 11 is 0. The fourth-order valence-corrected chi connectivity index (χ4v) is 1.13. The van der Waals surface area contributed by atoms with Crippen molar-refractivity contribution in [2.24, 2.45) is 0 Å². The number of rotatable bonds is 5. The number of nitrogens with zero attached hydrogens (tertiary/aromatic N) is 1. The Morgan fingerprint density at radius 2 is 2.22 bits per heavy atom. The van der Waals surface area contributed by atoms with Gasteiger partial charge >= 0.3 is 6.18 Å². The maximum Gasteiger partial charge on any atom is 0.411 e. The molecule has 18 heavy (non-hydrogen) atoms. The van der Waals surface area contributed by atoms with Crippen molar-refractivity contribution < 1.29 is 22.7 Å². The molecule has 0 saturated heterocycles. The van der Waals surface area contributed by atoms with Gasteiger partial charge in [-0.3, -0.25) is 9.89 Å². The Balaban J connectivity index is 2.35. The van der Waals surface area contributed by atoms with Gasteiger partial charge in [-0.1, -0.05) is 13.8 Å². The third kappa shape index (κ3) is 5.17. The fraction of sp³-hybridized carbons (Fsp3) is 0.600. The van der Waals surface area contributed by atoms with E-state index in [1.807, 2.05) is 13.8 Å². The lowest BCUT2D eigenvalue weighted by molar-refractivity contribution is -0.174. The average molecular weight is 265 g/mol.